The molecule has 1 unspecified atom stereocenters. The number of likely N-dealkylation sites (tertiary alicyclic amines) is 1. The molecule has 2 fully saturated rings. The van der Waals surface area contributed by atoms with E-state index in [4.69, 9.17) is 5.73 Å². The van der Waals surface area contributed by atoms with Crippen LogP contribution in [0.2, 0.25) is 0 Å². The summed E-state index contributed by atoms with van der Waals surface area (Å²) in [5, 5.41) is 2.64. The van der Waals surface area contributed by atoms with Crippen LogP contribution in [0.25, 0.3) is 0 Å². The number of nitrogens with zero attached hydrogens (tertiary/aromatic N) is 1. The van der Waals surface area contributed by atoms with E-state index in [1.807, 2.05) is 0 Å². The number of hydrogen-bond acceptors (Lipinski definition) is 3. The van der Waals surface area contributed by atoms with E-state index in [-0.39, 0.29) is 23.3 Å². The van der Waals surface area contributed by atoms with Gasteiger partial charge in [-0.1, -0.05) is 6.42 Å². The lowest BCUT2D eigenvalue weighted by Crippen LogP contribution is -2.48. The summed E-state index contributed by atoms with van der Waals surface area (Å²) in [6.07, 6.45) is 5.47. The molecule has 1 heterocycles. The van der Waals surface area contributed by atoms with Crippen LogP contribution in [0.3, 0.4) is 0 Å². The van der Waals surface area contributed by atoms with Crippen LogP contribution in [-0.2, 0) is 9.59 Å². The first-order valence-electron chi connectivity index (χ1n) is 6.83. The number of rotatable bonds is 4. The predicted molar refractivity (Wildman–Crippen MR) is 68.8 cm³/mol. The van der Waals surface area contributed by atoms with Gasteiger partial charge in [-0.05, 0) is 37.6 Å². The fraction of sp³-hybridized carbons (Fsp3) is 0.846. The van der Waals surface area contributed by atoms with Gasteiger partial charge >= 0.3 is 0 Å². The van der Waals surface area contributed by atoms with Gasteiger partial charge < -0.3 is 16.0 Å². The minimum atomic E-state index is -0.266. The predicted octanol–water partition coefficient (Wildman–Crippen LogP) is 0.242. The highest BCUT2D eigenvalue weighted by atomic mass is 16.2. The van der Waals surface area contributed by atoms with E-state index in [1.165, 1.54) is 6.42 Å². The lowest BCUT2D eigenvalue weighted by atomic mass is 9.66. The molecule has 2 amide bonds. The molecule has 1 atom stereocenters. The molecular formula is C13H23N3O2. The number of nitrogens with two attached hydrogens (primary N) is 1. The van der Waals surface area contributed by atoms with Crippen molar-refractivity contribution < 1.29 is 9.59 Å². The topological polar surface area (TPSA) is 75.4 Å². The average Bonchev–Trinajstić information content (AvgIpc) is 2.81. The van der Waals surface area contributed by atoms with Gasteiger partial charge in [0.2, 0.25) is 11.8 Å². The Bertz CT molecular complexity index is 334. The van der Waals surface area contributed by atoms with Crippen LogP contribution in [0.4, 0.5) is 0 Å². The van der Waals surface area contributed by atoms with Crippen molar-refractivity contribution in [1.82, 2.24) is 10.2 Å². The van der Waals surface area contributed by atoms with Crippen molar-refractivity contribution in [3.8, 4) is 0 Å². The molecule has 0 spiro atoms. The van der Waals surface area contributed by atoms with Crippen LogP contribution in [-0.4, -0.2) is 42.9 Å². The van der Waals surface area contributed by atoms with Gasteiger partial charge in [-0.2, -0.15) is 0 Å². The summed E-state index contributed by atoms with van der Waals surface area (Å²) in [7, 11) is 1.62. The molecule has 1 saturated heterocycles. The van der Waals surface area contributed by atoms with Crippen LogP contribution in [0.1, 0.15) is 38.5 Å². The maximum absolute atomic E-state index is 12.3. The molecule has 2 aliphatic rings. The normalized spacial score (nSPS) is 25.7. The highest BCUT2D eigenvalue weighted by Gasteiger charge is 2.41. The number of hydrogen-bond donors (Lipinski definition) is 2. The van der Waals surface area contributed by atoms with Crippen molar-refractivity contribution in [2.45, 2.75) is 44.6 Å². The van der Waals surface area contributed by atoms with Crippen molar-refractivity contribution in [3.05, 3.63) is 0 Å². The maximum atomic E-state index is 12.3. The largest absolute Gasteiger partial charge is 0.357 e. The second-order valence-electron chi connectivity index (χ2n) is 5.59. The van der Waals surface area contributed by atoms with Crippen LogP contribution >= 0.6 is 0 Å². The van der Waals surface area contributed by atoms with Gasteiger partial charge in [-0.15, -0.1) is 0 Å². The van der Waals surface area contributed by atoms with Gasteiger partial charge in [0.15, 0.2) is 0 Å². The van der Waals surface area contributed by atoms with E-state index in [2.05, 4.69) is 5.32 Å². The van der Waals surface area contributed by atoms with Crippen LogP contribution < -0.4 is 11.1 Å². The molecule has 1 aliphatic heterocycles. The van der Waals surface area contributed by atoms with Crippen molar-refractivity contribution >= 4 is 11.8 Å². The molecule has 0 aromatic carbocycles. The van der Waals surface area contributed by atoms with E-state index in [0.29, 0.717) is 19.5 Å². The van der Waals surface area contributed by atoms with E-state index in [1.54, 1.807) is 11.9 Å². The monoisotopic (exact) mass is 253 g/mol. The summed E-state index contributed by atoms with van der Waals surface area (Å²) in [5.41, 5.74) is 5.81. The fourth-order valence-electron chi connectivity index (χ4n) is 3.06. The van der Waals surface area contributed by atoms with E-state index in [9.17, 15) is 9.59 Å². The zero-order valence-corrected chi connectivity index (χ0v) is 11.1. The first-order chi connectivity index (χ1) is 8.62. The minimum absolute atomic E-state index is 0.0207. The molecule has 3 N–H and O–H groups in total. The van der Waals surface area contributed by atoms with Crippen LogP contribution in [0.5, 0.6) is 0 Å². The standard InChI is InChI=1S/C13H23N3O2/c1-15-12(18)10-4-2-7-16(10)11(17)8-13(9-14)5-3-6-13/h10H,2-9,14H2,1H3,(H,15,18). The van der Waals surface area contributed by atoms with Gasteiger partial charge in [0.1, 0.15) is 6.04 Å². The van der Waals surface area contributed by atoms with Crippen LogP contribution in [0, 0.1) is 5.41 Å². The SMILES string of the molecule is CNC(=O)C1CCCN1C(=O)CC1(CN)CCC1. The molecule has 0 radical (unpaired) electrons. The third-order valence-corrected chi connectivity index (χ3v) is 4.50. The summed E-state index contributed by atoms with van der Waals surface area (Å²) in [6.45, 7) is 1.29. The summed E-state index contributed by atoms with van der Waals surface area (Å²) in [6, 6.07) is -0.266. The Morgan fingerprint density at radius 2 is 2.11 bits per heavy atom. The van der Waals surface area contributed by atoms with Crippen molar-refractivity contribution in [3.63, 3.8) is 0 Å². The van der Waals surface area contributed by atoms with Gasteiger partial charge in [0.05, 0.1) is 0 Å². The Morgan fingerprint density at radius 3 is 2.61 bits per heavy atom. The first kappa shape index (κ1) is 13.3. The number of likely N-dealkylation sites (N-methyl/N-ethyl adjacent to an activating group) is 1. The average molecular weight is 253 g/mol. The Hall–Kier alpha value is -1.10. The zero-order valence-electron chi connectivity index (χ0n) is 11.1. The lowest BCUT2D eigenvalue weighted by Gasteiger charge is -2.41. The maximum Gasteiger partial charge on any atom is 0.242 e. The Morgan fingerprint density at radius 1 is 1.39 bits per heavy atom. The van der Waals surface area contributed by atoms with Gasteiger partial charge in [-0.25, -0.2) is 0 Å². The number of nitrogens with one attached hydrogen (secondary N) is 1. The Labute approximate surface area is 108 Å². The van der Waals surface area contributed by atoms with E-state index < -0.39 is 0 Å². The molecule has 1 aliphatic carbocycles. The molecule has 0 aromatic rings. The smallest absolute Gasteiger partial charge is 0.242 e. The number of carbonyl (C=O) groups is 2. The van der Waals surface area contributed by atoms with Crippen molar-refractivity contribution in [1.29, 1.82) is 0 Å². The summed E-state index contributed by atoms with van der Waals surface area (Å²) < 4.78 is 0. The van der Waals surface area contributed by atoms with Crippen LogP contribution in [0.15, 0.2) is 0 Å². The van der Waals surface area contributed by atoms with Crippen molar-refractivity contribution in [2.24, 2.45) is 11.1 Å². The molecular weight excluding hydrogens is 230 g/mol. The van der Waals surface area contributed by atoms with E-state index in [0.717, 1.165) is 25.7 Å². The third-order valence-electron chi connectivity index (χ3n) is 4.50. The highest BCUT2D eigenvalue weighted by molar-refractivity contribution is 5.88. The summed E-state index contributed by atoms with van der Waals surface area (Å²) in [4.78, 5) is 25.8. The molecule has 5 heteroatoms. The molecule has 1 saturated carbocycles. The van der Waals surface area contributed by atoms with E-state index >= 15 is 0 Å². The molecule has 102 valence electrons. The third kappa shape index (κ3) is 2.36. The van der Waals surface area contributed by atoms with Gasteiger partial charge in [-0.3, -0.25) is 9.59 Å². The summed E-state index contributed by atoms with van der Waals surface area (Å²) >= 11 is 0. The quantitative estimate of drug-likeness (QED) is 0.753. The molecule has 18 heavy (non-hydrogen) atoms. The van der Waals surface area contributed by atoms with Gasteiger partial charge in [0, 0.05) is 20.0 Å². The fourth-order valence-corrected chi connectivity index (χ4v) is 3.06. The molecule has 2 rings (SSSR count). The Kier molecular flexibility index (Phi) is 3.90. The highest BCUT2D eigenvalue weighted by Crippen LogP contribution is 2.43. The minimum Gasteiger partial charge on any atom is -0.357 e. The number of amides is 2. The molecule has 0 aromatic heterocycles. The first-order valence-corrected chi connectivity index (χ1v) is 6.83. The number of carbonyl (C=O) groups excluding carboxylic acids is 2. The summed E-state index contributed by atoms with van der Waals surface area (Å²) in [5.74, 6) is 0.0579. The second kappa shape index (κ2) is 5.26. The molecule has 0 bridgehead atoms. The second-order valence-corrected chi connectivity index (χ2v) is 5.59. The van der Waals surface area contributed by atoms with Crippen molar-refractivity contribution in [2.75, 3.05) is 20.1 Å². The Balaban J connectivity index is 1.97. The zero-order chi connectivity index (χ0) is 13.2. The van der Waals surface area contributed by atoms with Gasteiger partial charge in [0.25, 0.3) is 0 Å². The molecule has 5 nitrogen and oxygen atoms in total. The lowest BCUT2D eigenvalue weighted by molar-refractivity contribution is -0.141.